The number of aromatic nitrogens is 1. The van der Waals surface area contributed by atoms with Crippen LogP contribution in [0.3, 0.4) is 0 Å². The van der Waals surface area contributed by atoms with Gasteiger partial charge >= 0.3 is 5.97 Å². The van der Waals surface area contributed by atoms with E-state index in [1.165, 1.54) is 11.3 Å². The summed E-state index contributed by atoms with van der Waals surface area (Å²) in [6.45, 7) is 6.87. The fourth-order valence-corrected chi connectivity index (χ4v) is 2.06. The van der Waals surface area contributed by atoms with Crippen LogP contribution in [0.25, 0.3) is 0 Å². The first kappa shape index (κ1) is 11.9. The summed E-state index contributed by atoms with van der Waals surface area (Å²) >= 11 is 1.25. The highest BCUT2D eigenvalue weighted by atomic mass is 32.1. The number of hydrogen-bond donors (Lipinski definition) is 2. The fourth-order valence-electron chi connectivity index (χ4n) is 1.16. The average molecular weight is 226 g/mol. The smallest absolute Gasteiger partial charge is 0.347 e. The van der Waals surface area contributed by atoms with Crippen molar-refractivity contribution in [1.82, 2.24) is 10.3 Å². The molecule has 0 aliphatic heterocycles. The monoisotopic (exact) mass is 226 g/mol. The second-order valence-electron chi connectivity index (χ2n) is 3.07. The molecule has 0 amide bonds. The van der Waals surface area contributed by atoms with Gasteiger partial charge in [-0.3, -0.25) is 0 Å². The van der Waals surface area contributed by atoms with Gasteiger partial charge < -0.3 is 10.4 Å². The lowest BCUT2D eigenvalue weighted by molar-refractivity contribution is 0.0701. The van der Waals surface area contributed by atoms with Crippen LogP contribution in [-0.2, 0) is 6.42 Å². The molecular weight excluding hydrogens is 212 g/mol. The van der Waals surface area contributed by atoms with Gasteiger partial charge in [-0.2, -0.15) is 0 Å². The average Bonchev–Trinajstić information content (AvgIpc) is 2.55. The molecule has 1 aromatic heterocycles. The molecular formula is C10H14N2O2S. The van der Waals surface area contributed by atoms with E-state index in [0.29, 0.717) is 10.6 Å². The molecule has 1 aromatic rings. The zero-order valence-corrected chi connectivity index (χ0v) is 9.43. The van der Waals surface area contributed by atoms with E-state index < -0.39 is 5.97 Å². The SMILES string of the molecule is C=CCNCCc1nc(C)c(C(=O)O)s1. The van der Waals surface area contributed by atoms with Gasteiger partial charge in [-0.25, -0.2) is 9.78 Å². The number of carboxylic acid groups (broad SMARTS) is 1. The van der Waals surface area contributed by atoms with Crippen molar-refractivity contribution in [2.45, 2.75) is 13.3 Å². The first-order chi connectivity index (χ1) is 7.15. The predicted molar refractivity (Wildman–Crippen MR) is 60.6 cm³/mol. The Kier molecular flexibility index (Phi) is 4.45. The minimum Gasteiger partial charge on any atom is -0.477 e. The van der Waals surface area contributed by atoms with E-state index in [2.05, 4.69) is 16.9 Å². The van der Waals surface area contributed by atoms with E-state index in [4.69, 9.17) is 5.11 Å². The Balaban J connectivity index is 2.52. The van der Waals surface area contributed by atoms with E-state index in [0.717, 1.165) is 24.5 Å². The molecule has 0 saturated heterocycles. The maximum atomic E-state index is 10.8. The molecule has 1 heterocycles. The summed E-state index contributed by atoms with van der Waals surface area (Å²) < 4.78 is 0. The molecule has 15 heavy (non-hydrogen) atoms. The quantitative estimate of drug-likeness (QED) is 0.569. The van der Waals surface area contributed by atoms with Gasteiger partial charge in [0.25, 0.3) is 0 Å². The predicted octanol–water partition coefficient (Wildman–Crippen LogP) is 1.47. The molecule has 0 saturated carbocycles. The summed E-state index contributed by atoms with van der Waals surface area (Å²) in [6, 6.07) is 0. The van der Waals surface area contributed by atoms with E-state index >= 15 is 0 Å². The zero-order chi connectivity index (χ0) is 11.3. The number of nitrogens with one attached hydrogen (secondary N) is 1. The summed E-state index contributed by atoms with van der Waals surface area (Å²) in [6.07, 6.45) is 2.54. The summed E-state index contributed by atoms with van der Waals surface area (Å²) in [5, 5.41) is 12.8. The zero-order valence-electron chi connectivity index (χ0n) is 8.62. The maximum absolute atomic E-state index is 10.8. The van der Waals surface area contributed by atoms with Gasteiger partial charge in [-0.1, -0.05) is 6.08 Å². The van der Waals surface area contributed by atoms with Crippen LogP contribution in [0.1, 0.15) is 20.4 Å². The van der Waals surface area contributed by atoms with Gasteiger partial charge in [0.2, 0.25) is 0 Å². The van der Waals surface area contributed by atoms with Crippen molar-refractivity contribution in [3.05, 3.63) is 28.2 Å². The normalized spacial score (nSPS) is 10.2. The number of nitrogens with zero attached hydrogens (tertiary/aromatic N) is 1. The molecule has 4 nitrogen and oxygen atoms in total. The van der Waals surface area contributed by atoms with Crippen LogP contribution in [0, 0.1) is 6.92 Å². The second kappa shape index (κ2) is 5.63. The Labute approximate surface area is 92.7 Å². The van der Waals surface area contributed by atoms with Crippen LogP contribution in [0.4, 0.5) is 0 Å². The lowest BCUT2D eigenvalue weighted by Gasteiger charge is -1.97. The first-order valence-electron chi connectivity index (χ1n) is 4.66. The van der Waals surface area contributed by atoms with Crippen LogP contribution < -0.4 is 5.32 Å². The third kappa shape index (κ3) is 3.45. The summed E-state index contributed by atoms with van der Waals surface area (Å²) in [5.41, 5.74) is 0.603. The molecule has 0 spiro atoms. The molecule has 0 unspecified atom stereocenters. The number of aryl methyl sites for hydroxylation is 1. The second-order valence-corrected chi connectivity index (χ2v) is 4.15. The molecule has 0 bridgehead atoms. The molecule has 0 atom stereocenters. The van der Waals surface area contributed by atoms with Gasteiger partial charge in [0.15, 0.2) is 0 Å². The number of carbonyl (C=O) groups is 1. The van der Waals surface area contributed by atoms with Gasteiger partial charge in [-0.15, -0.1) is 17.9 Å². The maximum Gasteiger partial charge on any atom is 0.347 e. The Morgan fingerprint density at radius 3 is 3.00 bits per heavy atom. The van der Waals surface area contributed by atoms with Crippen molar-refractivity contribution in [1.29, 1.82) is 0 Å². The molecule has 0 aliphatic carbocycles. The Bertz CT molecular complexity index is 360. The number of rotatable bonds is 6. The standard InChI is InChI=1S/C10H14N2O2S/c1-3-5-11-6-4-8-12-7(2)9(15-8)10(13)14/h3,11H,1,4-6H2,2H3,(H,13,14). The van der Waals surface area contributed by atoms with Crippen molar-refractivity contribution < 1.29 is 9.90 Å². The molecule has 0 fully saturated rings. The van der Waals surface area contributed by atoms with Crippen molar-refractivity contribution in [3.63, 3.8) is 0 Å². The third-order valence-corrected chi connectivity index (χ3v) is 3.04. The van der Waals surface area contributed by atoms with E-state index in [1.807, 2.05) is 0 Å². The Morgan fingerprint density at radius 1 is 1.73 bits per heavy atom. The Hall–Kier alpha value is -1.20. The summed E-state index contributed by atoms with van der Waals surface area (Å²) in [7, 11) is 0. The highest BCUT2D eigenvalue weighted by molar-refractivity contribution is 7.13. The van der Waals surface area contributed by atoms with Crippen molar-refractivity contribution in [2.75, 3.05) is 13.1 Å². The number of thiazole rings is 1. The topological polar surface area (TPSA) is 62.2 Å². The lowest BCUT2D eigenvalue weighted by atomic mass is 10.4. The molecule has 0 aliphatic rings. The molecule has 1 rings (SSSR count). The van der Waals surface area contributed by atoms with Gasteiger partial charge in [-0.05, 0) is 6.92 Å². The van der Waals surface area contributed by atoms with Gasteiger partial charge in [0.05, 0.1) is 10.7 Å². The highest BCUT2D eigenvalue weighted by Gasteiger charge is 2.13. The van der Waals surface area contributed by atoms with Crippen molar-refractivity contribution in [2.24, 2.45) is 0 Å². The van der Waals surface area contributed by atoms with Gasteiger partial charge in [0.1, 0.15) is 4.88 Å². The first-order valence-corrected chi connectivity index (χ1v) is 5.48. The fraction of sp³-hybridized carbons (Fsp3) is 0.400. The van der Waals surface area contributed by atoms with Crippen LogP contribution in [0.5, 0.6) is 0 Å². The van der Waals surface area contributed by atoms with Crippen LogP contribution in [0.15, 0.2) is 12.7 Å². The number of carboxylic acids is 1. The van der Waals surface area contributed by atoms with Crippen LogP contribution in [-0.4, -0.2) is 29.1 Å². The molecule has 0 radical (unpaired) electrons. The lowest BCUT2D eigenvalue weighted by Crippen LogP contribution is -2.16. The molecule has 2 N–H and O–H groups in total. The van der Waals surface area contributed by atoms with Crippen LogP contribution >= 0.6 is 11.3 Å². The summed E-state index contributed by atoms with van der Waals surface area (Å²) in [5.74, 6) is -0.893. The molecule has 5 heteroatoms. The minimum atomic E-state index is -0.893. The number of hydrogen-bond acceptors (Lipinski definition) is 4. The van der Waals surface area contributed by atoms with Gasteiger partial charge in [0, 0.05) is 19.5 Å². The van der Waals surface area contributed by atoms with Crippen LogP contribution in [0.2, 0.25) is 0 Å². The highest BCUT2D eigenvalue weighted by Crippen LogP contribution is 2.17. The molecule has 82 valence electrons. The van der Waals surface area contributed by atoms with Crippen molar-refractivity contribution in [3.8, 4) is 0 Å². The van der Waals surface area contributed by atoms with Crippen molar-refractivity contribution >= 4 is 17.3 Å². The van der Waals surface area contributed by atoms with E-state index in [1.54, 1.807) is 13.0 Å². The van der Waals surface area contributed by atoms with E-state index in [-0.39, 0.29) is 0 Å². The third-order valence-electron chi connectivity index (χ3n) is 1.84. The van der Waals surface area contributed by atoms with E-state index in [9.17, 15) is 4.79 Å². The Morgan fingerprint density at radius 2 is 2.47 bits per heavy atom. The molecule has 0 aromatic carbocycles. The summed E-state index contributed by atoms with van der Waals surface area (Å²) in [4.78, 5) is 15.3. The number of aromatic carboxylic acids is 1. The largest absolute Gasteiger partial charge is 0.477 e. The minimum absolute atomic E-state index is 0.341.